The van der Waals surface area contributed by atoms with E-state index < -0.39 is 5.60 Å². The molecule has 1 aromatic carbocycles. The molecule has 0 bridgehead atoms. The van der Waals surface area contributed by atoms with Gasteiger partial charge >= 0.3 is 0 Å². The van der Waals surface area contributed by atoms with Crippen molar-refractivity contribution < 1.29 is 9.50 Å². The predicted molar refractivity (Wildman–Crippen MR) is 60.8 cm³/mol. The van der Waals surface area contributed by atoms with Crippen molar-refractivity contribution >= 4 is 11.8 Å². The molecule has 82 valence electrons. The van der Waals surface area contributed by atoms with Crippen LogP contribution < -0.4 is 0 Å². The van der Waals surface area contributed by atoms with Crippen LogP contribution in [0.3, 0.4) is 0 Å². The summed E-state index contributed by atoms with van der Waals surface area (Å²) in [5.41, 5.74) is 0.0689. The maximum absolute atomic E-state index is 13.6. The molecule has 1 unspecified atom stereocenters. The fourth-order valence-corrected chi connectivity index (χ4v) is 3.34. The van der Waals surface area contributed by atoms with E-state index in [-0.39, 0.29) is 11.7 Å². The van der Waals surface area contributed by atoms with Crippen molar-refractivity contribution in [2.24, 2.45) is 0 Å². The molecular weight excluding hydrogens is 211 g/mol. The first-order valence-corrected chi connectivity index (χ1v) is 6.09. The van der Waals surface area contributed by atoms with Gasteiger partial charge in [-0.3, -0.25) is 0 Å². The van der Waals surface area contributed by atoms with Crippen LogP contribution in [0.4, 0.5) is 4.39 Å². The summed E-state index contributed by atoms with van der Waals surface area (Å²) in [7, 11) is 0. The van der Waals surface area contributed by atoms with Gasteiger partial charge in [0.25, 0.3) is 0 Å². The molecule has 1 atom stereocenters. The Hall–Kier alpha value is -0.540. The van der Waals surface area contributed by atoms with E-state index >= 15 is 0 Å². The van der Waals surface area contributed by atoms with Crippen molar-refractivity contribution in [3.8, 4) is 0 Å². The molecule has 1 N–H and O–H groups in total. The van der Waals surface area contributed by atoms with Crippen LogP contribution in [-0.4, -0.2) is 16.5 Å². The fraction of sp³-hybridized carbons (Fsp3) is 0.500. The van der Waals surface area contributed by atoms with Gasteiger partial charge in [-0.1, -0.05) is 6.07 Å². The number of halogens is 1. The quantitative estimate of drug-likeness (QED) is 0.835. The van der Waals surface area contributed by atoms with Gasteiger partial charge < -0.3 is 5.11 Å². The van der Waals surface area contributed by atoms with E-state index in [1.807, 2.05) is 6.07 Å². The number of aliphatic hydroxyl groups is 1. The van der Waals surface area contributed by atoms with E-state index in [1.165, 1.54) is 6.07 Å². The Balaban J connectivity index is 2.28. The van der Waals surface area contributed by atoms with Gasteiger partial charge in [0.2, 0.25) is 0 Å². The molecule has 1 heterocycles. The average Bonchev–Trinajstić information content (AvgIpc) is 2.47. The monoisotopic (exact) mass is 226 g/mol. The van der Waals surface area contributed by atoms with Crippen molar-refractivity contribution in [3.63, 3.8) is 0 Å². The molecule has 0 saturated heterocycles. The van der Waals surface area contributed by atoms with Gasteiger partial charge in [-0.15, -0.1) is 11.8 Å². The van der Waals surface area contributed by atoms with E-state index in [0.717, 1.165) is 16.2 Å². The third-order valence-electron chi connectivity index (χ3n) is 2.61. The summed E-state index contributed by atoms with van der Waals surface area (Å²) in [6, 6.07) is 5.20. The lowest BCUT2D eigenvalue weighted by atomic mass is 9.89. The summed E-state index contributed by atoms with van der Waals surface area (Å²) in [6.45, 7) is 3.55. The molecular formula is C12H15FOS. The summed E-state index contributed by atoms with van der Waals surface area (Å²) < 4.78 is 13.6. The molecule has 0 fully saturated rings. The minimum atomic E-state index is -0.727. The molecule has 15 heavy (non-hydrogen) atoms. The Kier molecular flexibility index (Phi) is 2.77. The van der Waals surface area contributed by atoms with Crippen LogP contribution in [0.25, 0.3) is 0 Å². The molecule has 0 aliphatic carbocycles. The lowest BCUT2D eigenvalue weighted by molar-refractivity contribution is 0.0649. The minimum absolute atomic E-state index is 0.133. The molecule has 1 aliphatic rings. The summed E-state index contributed by atoms with van der Waals surface area (Å²) in [4.78, 5) is 1.03. The summed E-state index contributed by atoms with van der Waals surface area (Å²) in [5, 5.41) is 9.76. The number of benzene rings is 1. The maximum Gasteiger partial charge on any atom is 0.127 e. The molecule has 0 radical (unpaired) electrons. The van der Waals surface area contributed by atoms with Crippen LogP contribution in [0, 0.1) is 5.82 Å². The second kappa shape index (κ2) is 3.80. The van der Waals surface area contributed by atoms with E-state index in [9.17, 15) is 9.50 Å². The first-order valence-electron chi connectivity index (χ1n) is 5.11. The highest BCUT2D eigenvalue weighted by atomic mass is 32.2. The van der Waals surface area contributed by atoms with Crippen molar-refractivity contribution in [2.45, 2.75) is 36.7 Å². The van der Waals surface area contributed by atoms with Crippen LogP contribution in [0.15, 0.2) is 23.1 Å². The number of thioether (sulfide) groups is 1. The van der Waals surface area contributed by atoms with E-state index in [2.05, 4.69) is 0 Å². The summed E-state index contributed by atoms with van der Waals surface area (Å²) in [5.74, 6) is 0.887. The van der Waals surface area contributed by atoms with Crippen LogP contribution in [0.1, 0.15) is 31.7 Å². The Morgan fingerprint density at radius 3 is 2.93 bits per heavy atom. The van der Waals surface area contributed by atoms with Gasteiger partial charge in [0, 0.05) is 16.2 Å². The average molecular weight is 226 g/mol. The number of fused-ring (bicyclic) bond motifs is 1. The van der Waals surface area contributed by atoms with Gasteiger partial charge in [-0.25, -0.2) is 4.39 Å². The standard InChI is InChI=1S/C12H15FOS/c1-12(2,14)6-8-7-15-10-5-3-4-9(13)11(8)10/h3-5,8,14H,6-7H2,1-2H3. The first-order chi connectivity index (χ1) is 6.97. The second-order valence-electron chi connectivity index (χ2n) is 4.68. The highest BCUT2D eigenvalue weighted by Crippen LogP contribution is 2.44. The summed E-state index contributed by atoms with van der Waals surface area (Å²) >= 11 is 1.68. The zero-order chi connectivity index (χ0) is 11.1. The Bertz CT molecular complexity index is 370. The first kappa shape index (κ1) is 11.0. The molecule has 0 aromatic heterocycles. The van der Waals surface area contributed by atoms with Gasteiger partial charge in [0.15, 0.2) is 0 Å². The molecule has 0 saturated carbocycles. The Morgan fingerprint density at radius 2 is 2.27 bits per heavy atom. The zero-order valence-electron chi connectivity index (χ0n) is 8.96. The van der Waals surface area contributed by atoms with Crippen molar-refractivity contribution in [1.82, 2.24) is 0 Å². The molecule has 1 aliphatic heterocycles. The van der Waals surface area contributed by atoms with Crippen LogP contribution in [-0.2, 0) is 0 Å². The topological polar surface area (TPSA) is 20.2 Å². The number of rotatable bonds is 2. The third kappa shape index (κ3) is 2.34. The predicted octanol–water partition coefficient (Wildman–Crippen LogP) is 3.18. The molecule has 0 spiro atoms. The molecule has 1 aromatic rings. The van der Waals surface area contributed by atoms with Crippen molar-refractivity contribution in [1.29, 1.82) is 0 Å². The lowest BCUT2D eigenvalue weighted by Crippen LogP contribution is -2.22. The van der Waals surface area contributed by atoms with Crippen molar-refractivity contribution in [3.05, 3.63) is 29.6 Å². The lowest BCUT2D eigenvalue weighted by Gasteiger charge is -2.22. The highest BCUT2D eigenvalue weighted by molar-refractivity contribution is 7.99. The second-order valence-corrected chi connectivity index (χ2v) is 5.74. The smallest absolute Gasteiger partial charge is 0.127 e. The fourth-order valence-electron chi connectivity index (χ4n) is 2.08. The molecule has 0 amide bonds. The third-order valence-corrected chi connectivity index (χ3v) is 3.84. The largest absolute Gasteiger partial charge is 0.390 e. The van der Waals surface area contributed by atoms with Gasteiger partial charge in [0.1, 0.15) is 5.82 Å². The maximum atomic E-state index is 13.6. The van der Waals surface area contributed by atoms with Crippen molar-refractivity contribution in [2.75, 3.05) is 5.75 Å². The normalized spacial score (nSPS) is 20.4. The van der Waals surface area contributed by atoms with E-state index in [1.54, 1.807) is 31.7 Å². The zero-order valence-corrected chi connectivity index (χ0v) is 9.77. The molecule has 3 heteroatoms. The Labute approximate surface area is 93.7 Å². The Morgan fingerprint density at radius 1 is 1.53 bits per heavy atom. The minimum Gasteiger partial charge on any atom is -0.390 e. The number of hydrogen-bond donors (Lipinski definition) is 1. The number of hydrogen-bond acceptors (Lipinski definition) is 2. The van der Waals surface area contributed by atoms with E-state index in [0.29, 0.717) is 6.42 Å². The van der Waals surface area contributed by atoms with Gasteiger partial charge in [0.05, 0.1) is 5.60 Å². The van der Waals surface area contributed by atoms with Crippen LogP contribution >= 0.6 is 11.8 Å². The van der Waals surface area contributed by atoms with Crippen LogP contribution in [0.5, 0.6) is 0 Å². The van der Waals surface area contributed by atoms with Crippen LogP contribution in [0.2, 0.25) is 0 Å². The van der Waals surface area contributed by atoms with Gasteiger partial charge in [-0.05, 0) is 38.3 Å². The van der Waals surface area contributed by atoms with Gasteiger partial charge in [-0.2, -0.15) is 0 Å². The SMILES string of the molecule is CC(C)(O)CC1CSc2cccc(F)c21. The molecule has 1 nitrogen and oxygen atoms in total. The molecule has 2 rings (SSSR count). The van der Waals surface area contributed by atoms with E-state index in [4.69, 9.17) is 0 Å². The highest BCUT2D eigenvalue weighted by Gasteiger charge is 2.30. The summed E-state index contributed by atoms with van der Waals surface area (Å²) in [6.07, 6.45) is 0.619.